The zero-order valence-corrected chi connectivity index (χ0v) is 13.3. The summed E-state index contributed by atoms with van der Waals surface area (Å²) in [4.78, 5) is 0. The van der Waals surface area contributed by atoms with Crippen LogP contribution >= 0.6 is 0 Å². The molecule has 1 rings (SSSR count). The van der Waals surface area contributed by atoms with E-state index in [1.165, 1.54) is 5.56 Å². The second-order valence-electron chi connectivity index (χ2n) is 5.35. The molecule has 3 nitrogen and oxygen atoms in total. The molecule has 114 valence electrons. The summed E-state index contributed by atoms with van der Waals surface area (Å²) >= 11 is 0. The maximum absolute atomic E-state index is 6.02. The Bertz CT molecular complexity index is 389. The largest absolute Gasteiger partial charge is 0.493 e. The van der Waals surface area contributed by atoms with Crippen LogP contribution in [0.3, 0.4) is 0 Å². The Morgan fingerprint density at radius 3 is 2.30 bits per heavy atom. The second-order valence-corrected chi connectivity index (χ2v) is 5.35. The number of ether oxygens (including phenoxy) is 2. The fourth-order valence-corrected chi connectivity index (χ4v) is 2.14. The van der Waals surface area contributed by atoms with E-state index in [9.17, 15) is 0 Å². The van der Waals surface area contributed by atoms with Crippen LogP contribution in [-0.2, 0) is 6.42 Å². The minimum Gasteiger partial charge on any atom is -0.493 e. The minimum atomic E-state index is 0.204. The van der Waals surface area contributed by atoms with Crippen LogP contribution in [0.5, 0.6) is 11.5 Å². The third kappa shape index (κ3) is 5.04. The van der Waals surface area contributed by atoms with Crippen LogP contribution in [0.2, 0.25) is 0 Å². The molecule has 1 aromatic rings. The van der Waals surface area contributed by atoms with Gasteiger partial charge in [-0.25, -0.2) is 0 Å². The summed E-state index contributed by atoms with van der Waals surface area (Å²) in [5, 5.41) is 0. The van der Waals surface area contributed by atoms with Gasteiger partial charge >= 0.3 is 0 Å². The smallest absolute Gasteiger partial charge is 0.161 e. The molecular formula is C17H29NO2. The molecule has 20 heavy (non-hydrogen) atoms. The fraction of sp³-hybridized carbons (Fsp3) is 0.647. The quantitative estimate of drug-likeness (QED) is 0.748. The SMILES string of the molecule is CCC(N)Cc1ccc(OC)c(OCC(CC)CC)c1. The monoisotopic (exact) mass is 279 g/mol. The average molecular weight is 279 g/mol. The van der Waals surface area contributed by atoms with Crippen LogP contribution in [0.1, 0.15) is 45.6 Å². The van der Waals surface area contributed by atoms with Gasteiger partial charge in [0.15, 0.2) is 11.5 Å². The maximum Gasteiger partial charge on any atom is 0.161 e. The van der Waals surface area contributed by atoms with E-state index in [1.54, 1.807) is 7.11 Å². The summed E-state index contributed by atoms with van der Waals surface area (Å²) < 4.78 is 11.3. The lowest BCUT2D eigenvalue weighted by atomic mass is 10.0. The molecule has 0 aliphatic rings. The first-order chi connectivity index (χ1) is 9.64. The molecule has 1 atom stereocenters. The van der Waals surface area contributed by atoms with Gasteiger partial charge in [0.2, 0.25) is 0 Å². The highest BCUT2D eigenvalue weighted by molar-refractivity contribution is 5.43. The van der Waals surface area contributed by atoms with Crippen LogP contribution in [0.25, 0.3) is 0 Å². The van der Waals surface area contributed by atoms with Crippen molar-refractivity contribution in [3.8, 4) is 11.5 Å². The molecular weight excluding hydrogens is 250 g/mol. The molecule has 0 saturated heterocycles. The van der Waals surface area contributed by atoms with Crippen molar-refractivity contribution in [3.05, 3.63) is 23.8 Å². The van der Waals surface area contributed by atoms with E-state index in [0.717, 1.165) is 43.8 Å². The van der Waals surface area contributed by atoms with E-state index in [4.69, 9.17) is 15.2 Å². The summed E-state index contributed by atoms with van der Waals surface area (Å²) in [6.07, 6.45) is 4.14. The van der Waals surface area contributed by atoms with Crippen molar-refractivity contribution in [1.82, 2.24) is 0 Å². The van der Waals surface area contributed by atoms with E-state index in [-0.39, 0.29) is 6.04 Å². The number of benzene rings is 1. The topological polar surface area (TPSA) is 44.5 Å². The second kappa shape index (κ2) is 8.85. The summed E-state index contributed by atoms with van der Waals surface area (Å²) in [5.74, 6) is 2.23. The third-order valence-corrected chi connectivity index (χ3v) is 3.88. The molecule has 0 aliphatic heterocycles. The first-order valence-corrected chi connectivity index (χ1v) is 7.69. The highest BCUT2D eigenvalue weighted by Crippen LogP contribution is 2.29. The Morgan fingerprint density at radius 1 is 1.05 bits per heavy atom. The van der Waals surface area contributed by atoms with Gasteiger partial charge in [0, 0.05) is 6.04 Å². The van der Waals surface area contributed by atoms with Crippen molar-refractivity contribution < 1.29 is 9.47 Å². The van der Waals surface area contributed by atoms with Crippen LogP contribution in [0, 0.1) is 5.92 Å². The Balaban J connectivity index is 2.77. The van der Waals surface area contributed by atoms with Crippen molar-refractivity contribution >= 4 is 0 Å². The van der Waals surface area contributed by atoms with E-state index in [2.05, 4.69) is 32.9 Å². The van der Waals surface area contributed by atoms with Gasteiger partial charge < -0.3 is 15.2 Å². The van der Waals surface area contributed by atoms with Crippen LogP contribution < -0.4 is 15.2 Å². The Kier molecular flexibility index (Phi) is 7.45. The predicted molar refractivity (Wildman–Crippen MR) is 84.5 cm³/mol. The van der Waals surface area contributed by atoms with E-state index in [0.29, 0.717) is 5.92 Å². The normalized spacial score (nSPS) is 12.5. The summed E-state index contributed by atoms with van der Waals surface area (Å²) in [5.41, 5.74) is 7.23. The number of methoxy groups -OCH3 is 1. The molecule has 0 saturated carbocycles. The molecule has 1 aromatic carbocycles. The number of hydrogen-bond acceptors (Lipinski definition) is 3. The molecule has 0 aromatic heterocycles. The van der Waals surface area contributed by atoms with Gasteiger partial charge in [-0.1, -0.05) is 39.7 Å². The molecule has 0 heterocycles. The molecule has 0 bridgehead atoms. The molecule has 2 N–H and O–H groups in total. The van der Waals surface area contributed by atoms with Crippen molar-refractivity contribution in [1.29, 1.82) is 0 Å². The highest BCUT2D eigenvalue weighted by atomic mass is 16.5. The summed E-state index contributed by atoms with van der Waals surface area (Å²) in [6.45, 7) is 7.25. The molecule has 0 radical (unpaired) electrons. The standard InChI is InChI=1S/C17H29NO2/c1-5-13(6-2)12-20-17-11-14(10-15(18)7-3)8-9-16(17)19-4/h8-9,11,13,15H,5-7,10,12,18H2,1-4H3. The highest BCUT2D eigenvalue weighted by Gasteiger charge is 2.10. The molecule has 1 unspecified atom stereocenters. The molecule has 0 fully saturated rings. The molecule has 0 spiro atoms. The van der Waals surface area contributed by atoms with Gasteiger partial charge in [-0.3, -0.25) is 0 Å². The zero-order valence-electron chi connectivity index (χ0n) is 13.3. The number of hydrogen-bond donors (Lipinski definition) is 1. The van der Waals surface area contributed by atoms with E-state index < -0.39 is 0 Å². The molecule has 0 aliphatic carbocycles. The van der Waals surface area contributed by atoms with Gasteiger partial charge in [0.05, 0.1) is 13.7 Å². The van der Waals surface area contributed by atoms with Gasteiger partial charge in [-0.05, 0) is 36.5 Å². The van der Waals surface area contributed by atoms with Crippen molar-refractivity contribution in [2.75, 3.05) is 13.7 Å². The van der Waals surface area contributed by atoms with Crippen LogP contribution in [0.15, 0.2) is 18.2 Å². The van der Waals surface area contributed by atoms with Crippen molar-refractivity contribution in [2.45, 2.75) is 52.5 Å². The predicted octanol–water partition coefficient (Wildman–Crippen LogP) is 3.79. The van der Waals surface area contributed by atoms with Crippen LogP contribution in [0.4, 0.5) is 0 Å². The lowest BCUT2D eigenvalue weighted by Gasteiger charge is -2.17. The third-order valence-electron chi connectivity index (χ3n) is 3.88. The minimum absolute atomic E-state index is 0.204. The van der Waals surface area contributed by atoms with Crippen molar-refractivity contribution in [3.63, 3.8) is 0 Å². The molecule has 0 amide bonds. The number of rotatable bonds is 9. The lowest BCUT2D eigenvalue weighted by Crippen LogP contribution is -2.21. The van der Waals surface area contributed by atoms with Gasteiger partial charge in [-0.15, -0.1) is 0 Å². The Hall–Kier alpha value is -1.22. The average Bonchev–Trinajstić information content (AvgIpc) is 2.48. The Labute approximate surface area is 123 Å². The summed E-state index contributed by atoms with van der Waals surface area (Å²) in [7, 11) is 1.68. The summed E-state index contributed by atoms with van der Waals surface area (Å²) in [6, 6.07) is 6.31. The Morgan fingerprint density at radius 2 is 1.75 bits per heavy atom. The van der Waals surface area contributed by atoms with Gasteiger partial charge in [-0.2, -0.15) is 0 Å². The van der Waals surface area contributed by atoms with Crippen molar-refractivity contribution in [2.24, 2.45) is 11.7 Å². The lowest BCUT2D eigenvalue weighted by molar-refractivity contribution is 0.230. The van der Waals surface area contributed by atoms with Crippen LogP contribution in [-0.4, -0.2) is 19.8 Å². The first kappa shape index (κ1) is 16.8. The van der Waals surface area contributed by atoms with E-state index >= 15 is 0 Å². The van der Waals surface area contributed by atoms with Gasteiger partial charge in [0.25, 0.3) is 0 Å². The van der Waals surface area contributed by atoms with Gasteiger partial charge in [0.1, 0.15) is 0 Å². The zero-order chi connectivity index (χ0) is 15.0. The van der Waals surface area contributed by atoms with E-state index in [1.807, 2.05) is 6.07 Å². The molecule has 3 heteroatoms. The first-order valence-electron chi connectivity index (χ1n) is 7.69. The number of nitrogens with two attached hydrogens (primary N) is 1. The maximum atomic E-state index is 6.02. The fourth-order valence-electron chi connectivity index (χ4n) is 2.14.